The summed E-state index contributed by atoms with van der Waals surface area (Å²) in [7, 11) is 0. The molecule has 1 heterocycles. The van der Waals surface area contributed by atoms with E-state index in [-0.39, 0.29) is 17.4 Å². The number of nitrogens with one attached hydrogen (secondary N) is 1. The Labute approximate surface area is 142 Å². The van der Waals surface area contributed by atoms with Gasteiger partial charge in [-0.05, 0) is 22.9 Å². The molecule has 0 atom stereocenters. The molecule has 1 amide bonds. The summed E-state index contributed by atoms with van der Waals surface area (Å²) in [5, 5.41) is 16.3. The van der Waals surface area contributed by atoms with Gasteiger partial charge in [0, 0.05) is 18.0 Å². The maximum atomic E-state index is 11.8. The maximum Gasteiger partial charge on any atom is 0.250 e. The summed E-state index contributed by atoms with van der Waals surface area (Å²) < 4.78 is 0. The van der Waals surface area contributed by atoms with Crippen molar-refractivity contribution in [2.45, 2.75) is 5.16 Å². The van der Waals surface area contributed by atoms with E-state index in [9.17, 15) is 9.90 Å². The van der Waals surface area contributed by atoms with Crippen molar-refractivity contribution in [2.24, 2.45) is 5.10 Å². The number of hydrogen-bond donors (Lipinski definition) is 2. The summed E-state index contributed by atoms with van der Waals surface area (Å²) in [4.78, 5) is 19.8. The van der Waals surface area contributed by atoms with Gasteiger partial charge in [0.15, 0.2) is 5.16 Å². The summed E-state index contributed by atoms with van der Waals surface area (Å²) >= 11 is 1.22. The number of thioether (sulfide) groups is 1. The first-order chi connectivity index (χ1) is 11.7. The maximum absolute atomic E-state index is 11.8. The molecule has 0 spiro atoms. The molecule has 0 radical (unpaired) electrons. The van der Waals surface area contributed by atoms with Crippen molar-refractivity contribution in [1.82, 2.24) is 15.4 Å². The van der Waals surface area contributed by atoms with Gasteiger partial charge in [0.2, 0.25) is 0 Å². The van der Waals surface area contributed by atoms with Crippen LogP contribution in [0.1, 0.15) is 5.56 Å². The molecule has 0 bridgehead atoms. The van der Waals surface area contributed by atoms with Gasteiger partial charge in [-0.15, -0.1) is 0 Å². The Balaban J connectivity index is 1.64. The number of rotatable bonds is 5. The average molecular weight is 338 g/mol. The number of fused-ring (bicyclic) bond motifs is 1. The molecule has 2 aromatic carbocycles. The van der Waals surface area contributed by atoms with Crippen molar-refractivity contribution in [3.63, 3.8) is 0 Å². The number of hydrazone groups is 1. The number of carbonyl (C=O) groups is 1. The van der Waals surface area contributed by atoms with Crippen molar-refractivity contribution in [1.29, 1.82) is 0 Å². The molecule has 1 aromatic heterocycles. The molecule has 0 unspecified atom stereocenters. The van der Waals surface area contributed by atoms with Gasteiger partial charge >= 0.3 is 0 Å². The molecule has 3 aromatic rings. The van der Waals surface area contributed by atoms with Gasteiger partial charge < -0.3 is 5.11 Å². The number of phenolic OH excluding ortho intramolecular Hbond substituents is 1. The highest BCUT2D eigenvalue weighted by Crippen LogP contribution is 2.25. The number of hydrogen-bond acceptors (Lipinski definition) is 6. The van der Waals surface area contributed by atoms with Crippen LogP contribution in [0, 0.1) is 0 Å². The number of nitrogens with zero attached hydrogens (tertiary/aromatic N) is 3. The van der Waals surface area contributed by atoms with Crippen molar-refractivity contribution < 1.29 is 9.90 Å². The van der Waals surface area contributed by atoms with Crippen molar-refractivity contribution in [3.05, 3.63) is 60.4 Å². The topological polar surface area (TPSA) is 87.5 Å². The number of amides is 1. The lowest BCUT2D eigenvalue weighted by Gasteiger charge is -2.04. The predicted octanol–water partition coefficient (Wildman–Crippen LogP) is 2.58. The highest BCUT2D eigenvalue weighted by atomic mass is 32.2. The molecule has 0 saturated carbocycles. The Hall–Kier alpha value is -2.93. The van der Waals surface area contributed by atoms with Gasteiger partial charge in [0.25, 0.3) is 5.91 Å². The minimum Gasteiger partial charge on any atom is -0.507 e. The third kappa shape index (κ3) is 3.88. The van der Waals surface area contributed by atoms with E-state index in [0.29, 0.717) is 10.7 Å². The summed E-state index contributed by atoms with van der Waals surface area (Å²) in [6.45, 7) is 0. The van der Waals surface area contributed by atoms with Crippen LogP contribution in [0.15, 0.2) is 65.1 Å². The van der Waals surface area contributed by atoms with Crippen molar-refractivity contribution in [2.75, 3.05) is 5.75 Å². The molecular weight excluding hydrogens is 324 g/mol. The lowest BCUT2D eigenvalue weighted by Crippen LogP contribution is -2.19. The molecule has 0 aliphatic heterocycles. The highest BCUT2D eigenvalue weighted by molar-refractivity contribution is 7.99. The van der Waals surface area contributed by atoms with Crippen LogP contribution in [-0.2, 0) is 4.79 Å². The van der Waals surface area contributed by atoms with Crippen LogP contribution in [0.4, 0.5) is 0 Å². The summed E-state index contributed by atoms with van der Waals surface area (Å²) in [5.74, 6) is -0.00901. The fourth-order valence-corrected chi connectivity index (χ4v) is 2.71. The Morgan fingerprint density at radius 2 is 1.96 bits per heavy atom. The van der Waals surface area contributed by atoms with Crippen LogP contribution >= 0.6 is 11.8 Å². The van der Waals surface area contributed by atoms with E-state index in [0.717, 1.165) is 10.8 Å². The van der Waals surface area contributed by atoms with E-state index in [1.54, 1.807) is 24.5 Å². The second-order valence-corrected chi connectivity index (χ2v) is 5.78. The zero-order valence-electron chi connectivity index (χ0n) is 12.6. The van der Waals surface area contributed by atoms with Crippen LogP contribution in [0.2, 0.25) is 0 Å². The fraction of sp³-hybridized carbons (Fsp3) is 0.0588. The molecule has 24 heavy (non-hydrogen) atoms. The van der Waals surface area contributed by atoms with Gasteiger partial charge in [0.1, 0.15) is 5.75 Å². The second kappa shape index (κ2) is 7.56. The molecule has 3 rings (SSSR count). The lowest BCUT2D eigenvalue weighted by molar-refractivity contribution is -0.118. The third-order valence-corrected chi connectivity index (χ3v) is 4.08. The molecule has 0 aliphatic carbocycles. The van der Waals surface area contributed by atoms with E-state index in [4.69, 9.17) is 0 Å². The molecule has 0 saturated heterocycles. The molecule has 6 nitrogen and oxygen atoms in total. The number of aromatic hydroxyl groups is 1. The van der Waals surface area contributed by atoms with E-state index >= 15 is 0 Å². The Bertz CT molecular complexity index is 884. The smallest absolute Gasteiger partial charge is 0.250 e. The van der Waals surface area contributed by atoms with Crippen molar-refractivity contribution in [3.8, 4) is 5.75 Å². The molecule has 120 valence electrons. The Morgan fingerprint density at radius 1 is 1.17 bits per heavy atom. The van der Waals surface area contributed by atoms with E-state index in [1.165, 1.54) is 18.0 Å². The minimum absolute atomic E-state index is 0.110. The summed E-state index contributed by atoms with van der Waals surface area (Å²) in [6.07, 6.45) is 4.68. The predicted molar refractivity (Wildman–Crippen MR) is 94.1 cm³/mol. The van der Waals surface area contributed by atoms with Crippen LogP contribution in [0.5, 0.6) is 5.75 Å². The van der Waals surface area contributed by atoms with E-state index in [1.807, 2.05) is 30.3 Å². The van der Waals surface area contributed by atoms with Crippen LogP contribution in [0.25, 0.3) is 10.8 Å². The molecule has 0 fully saturated rings. The first-order valence-corrected chi connectivity index (χ1v) is 8.15. The second-order valence-electron chi connectivity index (χ2n) is 4.83. The fourth-order valence-electron chi connectivity index (χ4n) is 2.11. The number of phenols is 1. The van der Waals surface area contributed by atoms with Crippen molar-refractivity contribution >= 4 is 34.7 Å². The van der Waals surface area contributed by atoms with Gasteiger partial charge in [-0.3, -0.25) is 4.79 Å². The van der Waals surface area contributed by atoms with Crippen LogP contribution in [0.3, 0.4) is 0 Å². The highest BCUT2D eigenvalue weighted by Gasteiger charge is 2.05. The SMILES string of the molecule is O=C(CSc1ncccn1)N/N=C\c1c(O)ccc2ccccc12. The average Bonchev–Trinajstić information content (AvgIpc) is 2.63. The monoisotopic (exact) mass is 338 g/mol. The normalized spacial score (nSPS) is 11.0. The Morgan fingerprint density at radius 3 is 2.79 bits per heavy atom. The quantitative estimate of drug-likeness (QED) is 0.323. The van der Waals surface area contributed by atoms with Crippen LogP contribution < -0.4 is 5.43 Å². The molecule has 2 N–H and O–H groups in total. The zero-order chi connectivity index (χ0) is 16.8. The first-order valence-electron chi connectivity index (χ1n) is 7.16. The van der Waals surface area contributed by atoms with E-state index < -0.39 is 0 Å². The molecule has 7 heteroatoms. The largest absolute Gasteiger partial charge is 0.507 e. The molecular formula is C17H14N4O2S. The van der Waals surface area contributed by atoms with Gasteiger partial charge in [0.05, 0.1) is 12.0 Å². The first kappa shape index (κ1) is 15.9. The zero-order valence-corrected chi connectivity index (χ0v) is 13.4. The molecule has 0 aliphatic rings. The van der Waals surface area contributed by atoms with Gasteiger partial charge in [-0.25, -0.2) is 15.4 Å². The van der Waals surface area contributed by atoms with Gasteiger partial charge in [-0.1, -0.05) is 42.1 Å². The standard InChI is InChI=1S/C17H14N4O2S/c22-15-7-6-12-4-1-2-5-13(12)14(15)10-20-21-16(23)11-24-17-18-8-3-9-19-17/h1-10,22H,11H2,(H,21,23)/b20-10-. The number of benzene rings is 2. The minimum atomic E-state index is -0.275. The van der Waals surface area contributed by atoms with E-state index in [2.05, 4.69) is 20.5 Å². The number of carbonyl (C=O) groups excluding carboxylic acids is 1. The Kier molecular flexibility index (Phi) is 5.02. The number of aromatic nitrogens is 2. The van der Waals surface area contributed by atoms with Gasteiger partial charge in [-0.2, -0.15) is 5.10 Å². The lowest BCUT2D eigenvalue weighted by atomic mass is 10.0. The summed E-state index contributed by atoms with van der Waals surface area (Å²) in [6, 6.07) is 12.8. The summed E-state index contributed by atoms with van der Waals surface area (Å²) in [5.41, 5.74) is 3.00. The van der Waals surface area contributed by atoms with Crippen LogP contribution in [-0.4, -0.2) is 32.9 Å². The third-order valence-electron chi connectivity index (χ3n) is 3.21.